The minimum Gasteiger partial charge on any atom is -0.283 e. The van der Waals surface area contributed by atoms with Crippen LogP contribution in [0.3, 0.4) is 0 Å². The molecule has 38 valence electrons. The van der Waals surface area contributed by atoms with Crippen LogP contribution in [-0.4, -0.2) is 11.7 Å². The van der Waals surface area contributed by atoms with Crippen LogP contribution in [0.4, 0.5) is 0 Å². The molecule has 7 heavy (non-hydrogen) atoms. The van der Waals surface area contributed by atoms with E-state index >= 15 is 0 Å². The van der Waals surface area contributed by atoms with E-state index in [4.69, 9.17) is 16.9 Å². The summed E-state index contributed by atoms with van der Waals surface area (Å²) in [5.41, 5.74) is 0. The van der Waals surface area contributed by atoms with E-state index in [0.717, 1.165) is 0 Å². The first kappa shape index (κ1) is 6.45. The second-order valence-corrected chi connectivity index (χ2v) is 1.35. The Kier molecular flexibility index (Phi) is 3.35. The van der Waals surface area contributed by atoms with Crippen molar-refractivity contribution in [1.29, 1.82) is 5.26 Å². The number of hydrogen-bond acceptors (Lipinski definition) is 2. The second kappa shape index (κ2) is 3.63. The van der Waals surface area contributed by atoms with Crippen molar-refractivity contribution in [3.63, 3.8) is 0 Å². The molecule has 0 aromatic rings. The summed E-state index contributed by atoms with van der Waals surface area (Å²) in [6.45, 7) is 0. The third-order valence-corrected chi connectivity index (χ3v) is 0.635. The summed E-state index contributed by atoms with van der Waals surface area (Å²) in [5, 5.41) is 7.81. The van der Waals surface area contributed by atoms with Crippen molar-refractivity contribution in [2.45, 2.75) is 6.42 Å². The van der Waals surface area contributed by atoms with Gasteiger partial charge in [0, 0.05) is 12.3 Å². The molecule has 0 rings (SSSR count). The van der Waals surface area contributed by atoms with Gasteiger partial charge < -0.3 is 0 Å². The summed E-state index contributed by atoms with van der Waals surface area (Å²) in [5.74, 6) is -0.207. The molecule has 2 nitrogen and oxygen atoms in total. The Morgan fingerprint density at radius 1 is 1.86 bits per heavy atom. The van der Waals surface area contributed by atoms with Crippen LogP contribution >= 0.6 is 11.6 Å². The number of nitriles is 1. The fourth-order valence-corrected chi connectivity index (χ4v) is 0.313. The highest BCUT2D eigenvalue weighted by Gasteiger charge is 1.93. The van der Waals surface area contributed by atoms with Gasteiger partial charge in [0.05, 0.1) is 0 Å². The van der Waals surface area contributed by atoms with Crippen LogP contribution in [0.5, 0.6) is 0 Å². The molecule has 0 saturated heterocycles. The number of Topliss-reactive ketones (excluding diaryl/α,β-unsaturated/α-hetero) is 1. The highest BCUT2D eigenvalue weighted by molar-refractivity contribution is 6.19. The smallest absolute Gasteiger partial charge is 0.233 e. The zero-order chi connectivity index (χ0) is 5.70. The first-order valence-corrected chi connectivity index (χ1v) is 2.33. The first-order chi connectivity index (χ1) is 3.31. The Hall–Kier alpha value is -0.550. The van der Waals surface area contributed by atoms with Crippen molar-refractivity contribution in [3.8, 4) is 6.07 Å². The molecule has 0 radical (unpaired) electrons. The summed E-state index contributed by atoms with van der Waals surface area (Å²) in [4.78, 5) is 9.97. The highest BCUT2D eigenvalue weighted by atomic mass is 35.5. The summed E-state index contributed by atoms with van der Waals surface area (Å²) in [7, 11) is 0. The minimum atomic E-state index is -0.449. The number of nitrogens with zero attached hydrogens (tertiary/aromatic N) is 1. The molecule has 0 spiro atoms. The van der Waals surface area contributed by atoms with Gasteiger partial charge in [-0.05, 0) is 0 Å². The molecule has 0 aliphatic heterocycles. The van der Waals surface area contributed by atoms with Gasteiger partial charge in [0.15, 0.2) is 0 Å². The number of carbonyl (C=O) groups is 1. The maximum absolute atomic E-state index is 9.97. The third kappa shape index (κ3) is 3.28. The van der Waals surface area contributed by atoms with Crippen molar-refractivity contribution >= 4 is 17.4 Å². The van der Waals surface area contributed by atoms with Gasteiger partial charge in [-0.3, -0.25) is 4.79 Å². The van der Waals surface area contributed by atoms with Gasteiger partial charge in [0.25, 0.3) is 0 Å². The predicted molar refractivity (Wildman–Crippen MR) is 26.0 cm³/mol. The third-order valence-electron chi connectivity index (χ3n) is 0.446. The number of hydrogen-bond donors (Lipinski definition) is 0. The maximum atomic E-state index is 9.97. The second-order valence-electron chi connectivity index (χ2n) is 0.974. The van der Waals surface area contributed by atoms with Gasteiger partial charge in [0.1, 0.15) is 6.07 Å². The number of rotatable bonds is 2. The van der Waals surface area contributed by atoms with Gasteiger partial charge in [-0.15, -0.1) is 11.6 Å². The lowest BCUT2D eigenvalue weighted by molar-refractivity contribution is -0.113. The molecule has 3 heteroatoms. The molecule has 0 aromatic heterocycles. The van der Waals surface area contributed by atoms with Crippen molar-refractivity contribution < 1.29 is 4.79 Å². The van der Waals surface area contributed by atoms with E-state index in [-0.39, 0.29) is 12.3 Å². The number of carbonyl (C=O) groups excluding carboxylic acids is 1. The highest BCUT2D eigenvalue weighted by Crippen LogP contribution is 1.83. The van der Waals surface area contributed by atoms with Crippen molar-refractivity contribution in [2.24, 2.45) is 0 Å². The molecule has 0 heterocycles. The van der Waals surface area contributed by atoms with Crippen molar-refractivity contribution in [1.82, 2.24) is 0 Å². The van der Waals surface area contributed by atoms with E-state index in [1.165, 1.54) is 6.07 Å². The van der Waals surface area contributed by atoms with Gasteiger partial charge in [0.2, 0.25) is 5.78 Å². The monoisotopic (exact) mass is 117 g/mol. The van der Waals surface area contributed by atoms with Crippen LogP contribution in [-0.2, 0) is 4.79 Å². The molecular weight excluding hydrogens is 114 g/mol. The van der Waals surface area contributed by atoms with E-state index in [1.54, 1.807) is 0 Å². The normalized spacial score (nSPS) is 7.43. The zero-order valence-electron chi connectivity index (χ0n) is 3.65. The van der Waals surface area contributed by atoms with E-state index in [2.05, 4.69) is 0 Å². The summed E-state index contributed by atoms with van der Waals surface area (Å²) in [6.07, 6.45) is 0.165. The van der Waals surface area contributed by atoms with E-state index in [9.17, 15) is 4.79 Å². The molecule has 0 saturated carbocycles. The summed E-state index contributed by atoms with van der Waals surface area (Å²) >= 11 is 5.10. The SMILES string of the molecule is N#CC(=O)CCCl. The molecule has 0 atom stereocenters. The van der Waals surface area contributed by atoms with Crippen molar-refractivity contribution in [3.05, 3.63) is 0 Å². The summed E-state index contributed by atoms with van der Waals surface area (Å²) in [6, 6.07) is 1.44. The fraction of sp³-hybridized carbons (Fsp3) is 0.500. The number of alkyl halides is 1. The molecule has 0 unspecified atom stereocenters. The van der Waals surface area contributed by atoms with Crippen LogP contribution in [0.25, 0.3) is 0 Å². The van der Waals surface area contributed by atoms with E-state index in [1.807, 2.05) is 0 Å². The lowest BCUT2D eigenvalue weighted by Gasteiger charge is -1.76. The van der Waals surface area contributed by atoms with Crippen LogP contribution in [0, 0.1) is 11.3 Å². The van der Waals surface area contributed by atoms with Gasteiger partial charge >= 0.3 is 0 Å². The molecule has 0 aliphatic carbocycles. The van der Waals surface area contributed by atoms with Gasteiger partial charge in [-0.2, -0.15) is 5.26 Å². The Balaban J connectivity index is 3.24. The van der Waals surface area contributed by atoms with Crippen LogP contribution in [0.15, 0.2) is 0 Å². The average molecular weight is 118 g/mol. The largest absolute Gasteiger partial charge is 0.283 e. The predicted octanol–water partition coefficient (Wildman–Crippen LogP) is 0.708. The quantitative estimate of drug-likeness (QED) is 0.395. The van der Waals surface area contributed by atoms with Crippen LogP contribution in [0.2, 0.25) is 0 Å². The molecule has 0 fully saturated rings. The number of ketones is 1. The molecule has 0 aliphatic rings. The van der Waals surface area contributed by atoms with Crippen LogP contribution in [0.1, 0.15) is 6.42 Å². The Labute approximate surface area is 46.7 Å². The van der Waals surface area contributed by atoms with E-state index < -0.39 is 5.78 Å². The first-order valence-electron chi connectivity index (χ1n) is 1.80. The topological polar surface area (TPSA) is 40.9 Å². The van der Waals surface area contributed by atoms with E-state index in [0.29, 0.717) is 0 Å². The summed E-state index contributed by atoms with van der Waals surface area (Å²) < 4.78 is 0. The molecule has 0 aromatic carbocycles. The molecule has 0 amide bonds. The fourth-order valence-electron chi connectivity index (χ4n) is 0.142. The van der Waals surface area contributed by atoms with Crippen molar-refractivity contribution in [2.75, 3.05) is 5.88 Å². The van der Waals surface area contributed by atoms with Gasteiger partial charge in [-0.1, -0.05) is 0 Å². The molecule has 0 bridgehead atoms. The number of halogens is 1. The standard InChI is InChI=1S/C4H4ClNO/c5-2-1-4(7)3-6/h1-2H2. The van der Waals surface area contributed by atoms with Crippen LogP contribution < -0.4 is 0 Å². The van der Waals surface area contributed by atoms with Gasteiger partial charge in [-0.25, -0.2) is 0 Å². The lowest BCUT2D eigenvalue weighted by Crippen LogP contribution is -1.91. The minimum absolute atomic E-state index is 0.165. The average Bonchev–Trinajstić information content (AvgIpc) is 1.68. The zero-order valence-corrected chi connectivity index (χ0v) is 4.40. The Morgan fingerprint density at radius 3 is 2.57 bits per heavy atom. The Morgan fingerprint density at radius 2 is 2.43 bits per heavy atom. The Bertz CT molecular complexity index is 105. The maximum Gasteiger partial charge on any atom is 0.233 e. The molecule has 0 N–H and O–H groups in total. The molecular formula is C4H4ClNO. The lowest BCUT2D eigenvalue weighted by atomic mass is 10.3.